The van der Waals surface area contributed by atoms with E-state index in [4.69, 9.17) is 16.3 Å². The fourth-order valence-corrected chi connectivity index (χ4v) is 1.59. The maximum absolute atomic E-state index is 6.04. The van der Waals surface area contributed by atoms with Gasteiger partial charge in [0.1, 0.15) is 5.75 Å². The Balaban J connectivity index is 2.79. The zero-order chi connectivity index (χ0) is 10.6. The maximum Gasteiger partial charge on any atom is 0.178 e. The molecule has 0 heterocycles. The monoisotopic (exact) mass is 340 g/mol. The standard InChI is InChI=1S/C10H11Br2ClO/c1-2-6-14-9-5-3-4-8(7-9)10(11,12)13/h3-5,7H,2,6H2,1H3. The summed E-state index contributed by atoms with van der Waals surface area (Å²) in [5, 5.41) is 0. The fraction of sp³-hybridized carbons (Fsp3) is 0.400. The van der Waals surface area contributed by atoms with E-state index < -0.39 is 2.69 Å². The molecule has 0 N–H and O–H groups in total. The second kappa shape index (κ2) is 5.38. The molecule has 14 heavy (non-hydrogen) atoms. The molecule has 0 atom stereocenters. The maximum atomic E-state index is 6.04. The van der Waals surface area contributed by atoms with Gasteiger partial charge in [-0.1, -0.05) is 30.7 Å². The highest BCUT2D eigenvalue weighted by Crippen LogP contribution is 2.43. The first-order chi connectivity index (χ1) is 6.54. The molecule has 0 radical (unpaired) electrons. The summed E-state index contributed by atoms with van der Waals surface area (Å²) in [4.78, 5) is 0. The van der Waals surface area contributed by atoms with E-state index in [1.165, 1.54) is 0 Å². The van der Waals surface area contributed by atoms with Gasteiger partial charge in [0.15, 0.2) is 2.69 Å². The number of hydrogen-bond donors (Lipinski definition) is 0. The van der Waals surface area contributed by atoms with Crippen LogP contribution in [0.5, 0.6) is 5.75 Å². The van der Waals surface area contributed by atoms with Crippen molar-refractivity contribution in [2.75, 3.05) is 6.61 Å². The molecule has 0 saturated carbocycles. The second-order valence-electron chi connectivity index (χ2n) is 2.87. The van der Waals surface area contributed by atoms with Crippen molar-refractivity contribution in [1.82, 2.24) is 0 Å². The van der Waals surface area contributed by atoms with Gasteiger partial charge in [0.05, 0.1) is 6.61 Å². The predicted molar refractivity (Wildman–Crippen MR) is 67.6 cm³/mol. The molecule has 0 fully saturated rings. The number of alkyl halides is 3. The van der Waals surface area contributed by atoms with Gasteiger partial charge in [0, 0.05) is 0 Å². The van der Waals surface area contributed by atoms with Crippen molar-refractivity contribution in [2.24, 2.45) is 0 Å². The van der Waals surface area contributed by atoms with Gasteiger partial charge in [0.2, 0.25) is 0 Å². The molecule has 0 aliphatic rings. The van der Waals surface area contributed by atoms with Crippen LogP contribution in [0.4, 0.5) is 0 Å². The molecule has 0 amide bonds. The van der Waals surface area contributed by atoms with Gasteiger partial charge in [-0.25, -0.2) is 0 Å². The molecule has 1 aromatic carbocycles. The molecule has 0 aromatic heterocycles. The summed E-state index contributed by atoms with van der Waals surface area (Å²) in [6, 6.07) is 7.67. The Morgan fingerprint density at radius 2 is 2.14 bits per heavy atom. The van der Waals surface area contributed by atoms with Gasteiger partial charge < -0.3 is 4.74 Å². The van der Waals surface area contributed by atoms with Crippen molar-refractivity contribution in [3.05, 3.63) is 29.8 Å². The Morgan fingerprint density at radius 3 is 2.71 bits per heavy atom. The van der Waals surface area contributed by atoms with Crippen molar-refractivity contribution >= 4 is 43.5 Å². The van der Waals surface area contributed by atoms with Crippen molar-refractivity contribution in [3.63, 3.8) is 0 Å². The summed E-state index contributed by atoms with van der Waals surface area (Å²) in [6.07, 6.45) is 0.999. The molecule has 0 bridgehead atoms. The minimum atomic E-state index is -0.703. The molecule has 0 unspecified atom stereocenters. The molecule has 4 heteroatoms. The van der Waals surface area contributed by atoms with E-state index >= 15 is 0 Å². The van der Waals surface area contributed by atoms with Gasteiger partial charge in [-0.3, -0.25) is 0 Å². The van der Waals surface area contributed by atoms with E-state index in [-0.39, 0.29) is 0 Å². The highest BCUT2D eigenvalue weighted by atomic mass is 79.9. The predicted octanol–water partition coefficient (Wildman–Crippen LogP) is 4.61. The van der Waals surface area contributed by atoms with E-state index in [0.717, 1.165) is 24.3 Å². The number of benzene rings is 1. The van der Waals surface area contributed by atoms with E-state index in [1.807, 2.05) is 24.3 Å². The molecule has 1 aromatic rings. The number of ether oxygens (including phenoxy) is 1. The summed E-state index contributed by atoms with van der Waals surface area (Å²) in [5.74, 6) is 0.841. The minimum Gasteiger partial charge on any atom is -0.494 e. The van der Waals surface area contributed by atoms with Gasteiger partial charge in [0.25, 0.3) is 0 Å². The van der Waals surface area contributed by atoms with Crippen molar-refractivity contribution in [3.8, 4) is 5.75 Å². The average Bonchev–Trinajstić information content (AvgIpc) is 2.14. The minimum absolute atomic E-state index is 0.703. The molecule has 1 rings (SSSR count). The average molecular weight is 342 g/mol. The van der Waals surface area contributed by atoms with Crippen LogP contribution in [-0.4, -0.2) is 6.61 Å². The van der Waals surface area contributed by atoms with Crippen LogP contribution in [0, 0.1) is 0 Å². The summed E-state index contributed by atoms with van der Waals surface area (Å²) < 4.78 is 4.79. The van der Waals surface area contributed by atoms with Crippen molar-refractivity contribution in [2.45, 2.75) is 16.0 Å². The second-order valence-corrected chi connectivity index (χ2v) is 7.80. The summed E-state index contributed by atoms with van der Waals surface area (Å²) in [7, 11) is 0. The smallest absolute Gasteiger partial charge is 0.178 e. The van der Waals surface area contributed by atoms with Crippen molar-refractivity contribution < 1.29 is 4.74 Å². The van der Waals surface area contributed by atoms with Crippen LogP contribution in [0.1, 0.15) is 18.9 Å². The summed E-state index contributed by atoms with van der Waals surface area (Å²) in [5.41, 5.74) is 0.924. The van der Waals surface area contributed by atoms with Gasteiger partial charge in [-0.2, -0.15) is 0 Å². The van der Waals surface area contributed by atoms with Crippen LogP contribution in [0.2, 0.25) is 0 Å². The Hall–Kier alpha value is 0.270. The van der Waals surface area contributed by atoms with Gasteiger partial charge in [-0.15, -0.1) is 0 Å². The van der Waals surface area contributed by atoms with Crippen molar-refractivity contribution in [1.29, 1.82) is 0 Å². The van der Waals surface area contributed by atoms with Crippen LogP contribution < -0.4 is 4.74 Å². The highest BCUT2D eigenvalue weighted by molar-refractivity contribution is 9.25. The molecule has 78 valence electrons. The molecule has 0 aliphatic carbocycles. The number of halogens is 3. The first-order valence-corrected chi connectivity index (χ1v) is 6.30. The largest absolute Gasteiger partial charge is 0.494 e. The lowest BCUT2D eigenvalue weighted by molar-refractivity contribution is 0.317. The molecular weight excluding hydrogens is 331 g/mol. The molecule has 0 spiro atoms. The number of rotatable bonds is 4. The van der Waals surface area contributed by atoms with Crippen LogP contribution >= 0.6 is 43.5 Å². The van der Waals surface area contributed by atoms with Crippen LogP contribution in [0.25, 0.3) is 0 Å². The van der Waals surface area contributed by atoms with E-state index in [2.05, 4.69) is 38.8 Å². The zero-order valence-corrected chi connectivity index (χ0v) is 11.7. The SMILES string of the molecule is CCCOc1cccc(C(Cl)(Br)Br)c1. The fourth-order valence-electron chi connectivity index (χ4n) is 0.982. The third-order valence-electron chi connectivity index (χ3n) is 1.63. The molecule has 0 saturated heterocycles. The quantitative estimate of drug-likeness (QED) is 0.726. The topological polar surface area (TPSA) is 9.23 Å². The van der Waals surface area contributed by atoms with Crippen LogP contribution in [0.3, 0.4) is 0 Å². The van der Waals surface area contributed by atoms with E-state index in [0.29, 0.717) is 0 Å². The zero-order valence-electron chi connectivity index (χ0n) is 7.77. The van der Waals surface area contributed by atoms with Crippen LogP contribution in [-0.2, 0) is 2.69 Å². The highest BCUT2D eigenvalue weighted by Gasteiger charge is 2.21. The van der Waals surface area contributed by atoms with Crippen LogP contribution in [0.15, 0.2) is 24.3 Å². The first-order valence-electron chi connectivity index (χ1n) is 4.34. The van der Waals surface area contributed by atoms with E-state index in [9.17, 15) is 0 Å². The van der Waals surface area contributed by atoms with E-state index in [1.54, 1.807) is 0 Å². The van der Waals surface area contributed by atoms with Gasteiger partial charge >= 0.3 is 0 Å². The first kappa shape index (κ1) is 12.3. The lowest BCUT2D eigenvalue weighted by atomic mass is 10.2. The summed E-state index contributed by atoms with van der Waals surface area (Å²) in [6.45, 7) is 2.80. The molecular formula is C10H11Br2ClO. The Morgan fingerprint density at radius 1 is 1.43 bits per heavy atom. The normalized spacial score (nSPS) is 11.4. The Labute approximate surface area is 106 Å². The molecule has 1 nitrogen and oxygen atoms in total. The third kappa shape index (κ3) is 3.79. The third-order valence-corrected chi connectivity index (χ3v) is 2.77. The lowest BCUT2D eigenvalue weighted by Crippen LogP contribution is -2.00. The molecule has 0 aliphatic heterocycles. The summed E-state index contributed by atoms with van der Waals surface area (Å²) >= 11 is 12.7. The Bertz CT molecular complexity index is 296. The number of hydrogen-bond acceptors (Lipinski definition) is 1. The van der Waals surface area contributed by atoms with Gasteiger partial charge in [-0.05, 0) is 56.0 Å². The lowest BCUT2D eigenvalue weighted by Gasteiger charge is -2.13. The Kier molecular flexibility index (Phi) is 4.74.